The number of aryl methyl sites for hydroxylation is 2. The van der Waals surface area contributed by atoms with E-state index in [0.717, 1.165) is 16.0 Å². The molecule has 0 saturated heterocycles. The SMILES string of the molecule is Cc1ccccc1NC(=O)c1cccc(NC2=C(Cl)C(=O)N(c3ccccc3C)C2=O)c1. The summed E-state index contributed by atoms with van der Waals surface area (Å²) in [5, 5.41) is 5.59. The number of nitrogens with zero attached hydrogens (tertiary/aromatic N) is 1. The van der Waals surface area contributed by atoms with E-state index in [2.05, 4.69) is 10.6 Å². The number of nitrogens with one attached hydrogen (secondary N) is 2. The summed E-state index contributed by atoms with van der Waals surface area (Å²) in [4.78, 5) is 39.4. The number of halogens is 1. The zero-order valence-electron chi connectivity index (χ0n) is 17.5. The topological polar surface area (TPSA) is 78.5 Å². The Morgan fingerprint density at radius 3 is 2.25 bits per heavy atom. The van der Waals surface area contributed by atoms with Crippen LogP contribution in [-0.2, 0) is 9.59 Å². The number of anilines is 3. The first kappa shape index (κ1) is 21.3. The number of carbonyl (C=O) groups excluding carboxylic acids is 3. The molecular weight excluding hydrogens is 426 g/mol. The van der Waals surface area contributed by atoms with Gasteiger partial charge in [0.25, 0.3) is 17.7 Å². The zero-order valence-corrected chi connectivity index (χ0v) is 18.2. The summed E-state index contributed by atoms with van der Waals surface area (Å²) in [5.74, 6) is -1.44. The van der Waals surface area contributed by atoms with Crippen molar-refractivity contribution < 1.29 is 14.4 Å². The van der Waals surface area contributed by atoms with E-state index >= 15 is 0 Å². The van der Waals surface area contributed by atoms with Crippen molar-refractivity contribution in [3.05, 3.63) is 100 Å². The van der Waals surface area contributed by atoms with Crippen molar-refractivity contribution in [2.75, 3.05) is 15.5 Å². The quantitative estimate of drug-likeness (QED) is 0.542. The van der Waals surface area contributed by atoms with Crippen LogP contribution in [0.1, 0.15) is 21.5 Å². The van der Waals surface area contributed by atoms with Gasteiger partial charge in [0.15, 0.2) is 0 Å². The van der Waals surface area contributed by atoms with Crippen molar-refractivity contribution in [3.8, 4) is 0 Å². The second kappa shape index (κ2) is 8.69. The van der Waals surface area contributed by atoms with Gasteiger partial charge in [0.1, 0.15) is 10.7 Å². The predicted molar refractivity (Wildman–Crippen MR) is 126 cm³/mol. The molecule has 160 valence electrons. The highest BCUT2D eigenvalue weighted by molar-refractivity contribution is 6.53. The van der Waals surface area contributed by atoms with E-state index in [1.807, 2.05) is 50.2 Å². The maximum atomic E-state index is 13.0. The van der Waals surface area contributed by atoms with E-state index in [9.17, 15) is 14.4 Å². The number of hydrogen-bond donors (Lipinski definition) is 2. The van der Waals surface area contributed by atoms with Gasteiger partial charge >= 0.3 is 0 Å². The van der Waals surface area contributed by atoms with Crippen molar-refractivity contribution in [3.63, 3.8) is 0 Å². The fraction of sp³-hybridized carbons (Fsp3) is 0.0800. The Bertz CT molecular complexity index is 1280. The molecule has 4 rings (SSSR count). The summed E-state index contributed by atoms with van der Waals surface area (Å²) in [6.07, 6.45) is 0. The van der Waals surface area contributed by atoms with Crippen molar-refractivity contribution in [1.82, 2.24) is 0 Å². The number of para-hydroxylation sites is 2. The Labute approximate surface area is 190 Å². The summed E-state index contributed by atoms with van der Waals surface area (Å²) < 4.78 is 0. The molecule has 6 nitrogen and oxygen atoms in total. The minimum Gasteiger partial charge on any atom is -0.350 e. The monoisotopic (exact) mass is 445 g/mol. The molecule has 0 unspecified atom stereocenters. The van der Waals surface area contributed by atoms with Gasteiger partial charge in [0.05, 0.1) is 5.69 Å². The highest BCUT2D eigenvalue weighted by Crippen LogP contribution is 2.32. The van der Waals surface area contributed by atoms with Gasteiger partial charge in [-0.15, -0.1) is 0 Å². The van der Waals surface area contributed by atoms with Gasteiger partial charge in [-0.2, -0.15) is 0 Å². The van der Waals surface area contributed by atoms with Gasteiger partial charge in [0.2, 0.25) is 0 Å². The lowest BCUT2D eigenvalue weighted by atomic mass is 10.1. The van der Waals surface area contributed by atoms with Crippen LogP contribution in [-0.4, -0.2) is 17.7 Å². The van der Waals surface area contributed by atoms with E-state index in [0.29, 0.717) is 22.6 Å². The van der Waals surface area contributed by atoms with Crippen LogP contribution < -0.4 is 15.5 Å². The smallest absolute Gasteiger partial charge is 0.283 e. The Kier molecular flexibility index (Phi) is 5.79. The number of hydrogen-bond acceptors (Lipinski definition) is 4. The molecule has 0 radical (unpaired) electrons. The number of benzene rings is 3. The normalized spacial score (nSPS) is 13.5. The minimum atomic E-state index is -0.595. The van der Waals surface area contributed by atoms with Crippen molar-refractivity contribution in [2.45, 2.75) is 13.8 Å². The van der Waals surface area contributed by atoms with E-state index in [1.165, 1.54) is 0 Å². The highest BCUT2D eigenvalue weighted by atomic mass is 35.5. The van der Waals surface area contributed by atoms with E-state index < -0.39 is 11.8 Å². The van der Waals surface area contributed by atoms with Gasteiger partial charge in [-0.3, -0.25) is 14.4 Å². The standard InChI is InChI=1S/C25H20ClN3O3/c1-15-8-3-5-12-19(15)28-23(30)17-10-7-11-18(14-17)27-22-21(26)24(31)29(25(22)32)20-13-6-4-9-16(20)2/h3-14,27H,1-2H3,(H,28,30). The van der Waals surface area contributed by atoms with Crippen LogP contribution in [0.25, 0.3) is 0 Å². The number of carbonyl (C=O) groups is 3. The molecule has 3 aromatic carbocycles. The fourth-order valence-electron chi connectivity index (χ4n) is 3.43. The Morgan fingerprint density at radius 1 is 0.844 bits per heavy atom. The first-order valence-electron chi connectivity index (χ1n) is 9.95. The molecule has 1 aliphatic rings. The van der Waals surface area contributed by atoms with Gasteiger partial charge in [-0.25, -0.2) is 4.90 Å². The van der Waals surface area contributed by atoms with Crippen molar-refractivity contribution in [2.24, 2.45) is 0 Å². The molecule has 3 amide bonds. The van der Waals surface area contributed by atoms with Crippen molar-refractivity contribution in [1.29, 1.82) is 0 Å². The Hall–Kier alpha value is -3.90. The lowest BCUT2D eigenvalue weighted by molar-refractivity contribution is -0.120. The number of amides is 3. The molecule has 3 aromatic rings. The summed E-state index contributed by atoms with van der Waals surface area (Å²) in [5.41, 5.74) is 3.73. The van der Waals surface area contributed by atoms with E-state index in [1.54, 1.807) is 36.4 Å². The van der Waals surface area contributed by atoms with Crippen LogP contribution >= 0.6 is 11.6 Å². The molecule has 32 heavy (non-hydrogen) atoms. The van der Waals surface area contributed by atoms with Gasteiger partial charge < -0.3 is 10.6 Å². The number of rotatable bonds is 5. The summed E-state index contributed by atoms with van der Waals surface area (Å²) in [6, 6.07) is 21.2. The zero-order chi connectivity index (χ0) is 22.8. The Morgan fingerprint density at radius 2 is 1.53 bits per heavy atom. The maximum Gasteiger partial charge on any atom is 0.283 e. The average Bonchev–Trinajstić information content (AvgIpc) is 2.99. The van der Waals surface area contributed by atoms with Crippen LogP contribution in [0, 0.1) is 13.8 Å². The van der Waals surface area contributed by atoms with Gasteiger partial charge in [-0.1, -0.05) is 54.1 Å². The summed E-state index contributed by atoms with van der Waals surface area (Å²) in [7, 11) is 0. The molecule has 0 saturated carbocycles. The second-order valence-electron chi connectivity index (χ2n) is 7.40. The molecule has 0 spiro atoms. The van der Waals surface area contributed by atoms with Crippen LogP contribution in [0.15, 0.2) is 83.5 Å². The second-order valence-corrected chi connectivity index (χ2v) is 7.77. The first-order valence-corrected chi connectivity index (χ1v) is 10.3. The molecule has 0 bridgehead atoms. The van der Waals surface area contributed by atoms with Crippen molar-refractivity contribution >= 4 is 46.4 Å². The Balaban J connectivity index is 1.56. The molecule has 0 atom stereocenters. The third-order valence-electron chi connectivity index (χ3n) is 5.17. The lowest BCUT2D eigenvalue weighted by Gasteiger charge is -2.17. The molecule has 0 aromatic heterocycles. The third kappa shape index (κ3) is 4.00. The van der Waals surface area contributed by atoms with Crippen LogP contribution in [0.5, 0.6) is 0 Å². The third-order valence-corrected chi connectivity index (χ3v) is 5.52. The molecule has 1 heterocycles. The molecule has 0 aliphatic carbocycles. The molecule has 7 heteroatoms. The average molecular weight is 446 g/mol. The predicted octanol–water partition coefficient (Wildman–Crippen LogP) is 4.99. The largest absolute Gasteiger partial charge is 0.350 e. The number of imide groups is 1. The van der Waals surface area contributed by atoms with Crippen LogP contribution in [0.2, 0.25) is 0 Å². The van der Waals surface area contributed by atoms with E-state index in [4.69, 9.17) is 11.6 Å². The minimum absolute atomic E-state index is 0.0311. The van der Waals surface area contributed by atoms with Crippen LogP contribution in [0.3, 0.4) is 0 Å². The molecular formula is C25H20ClN3O3. The first-order chi connectivity index (χ1) is 15.4. The van der Waals surface area contributed by atoms with Gasteiger partial charge in [-0.05, 0) is 55.3 Å². The summed E-state index contributed by atoms with van der Waals surface area (Å²) in [6.45, 7) is 3.72. The van der Waals surface area contributed by atoms with Gasteiger partial charge in [0, 0.05) is 16.9 Å². The van der Waals surface area contributed by atoms with E-state index in [-0.39, 0.29) is 16.6 Å². The fourth-order valence-corrected chi connectivity index (χ4v) is 3.65. The highest BCUT2D eigenvalue weighted by Gasteiger charge is 2.39. The van der Waals surface area contributed by atoms with Crippen LogP contribution in [0.4, 0.5) is 17.1 Å². The molecule has 2 N–H and O–H groups in total. The molecule has 1 aliphatic heterocycles. The lowest BCUT2D eigenvalue weighted by Crippen LogP contribution is -2.32. The molecule has 0 fully saturated rings. The maximum absolute atomic E-state index is 13.0. The summed E-state index contributed by atoms with van der Waals surface area (Å²) >= 11 is 6.22.